The highest BCUT2D eigenvalue weighted by atomic mass is 28.4. The van der Waals surface area contributed by atoms with Crippen LogP contribution in [0.5, 0.6) is 5.75 Å². The summed E-state index contributed by atoms with van der Waals surface area (Å²) in [5, 5.41) is 9.90. The summed E-state index contributed by atoms with van der Waals surface area (Å²) in [4.78, 5) is 11.3. The van der Waals surface area contributed by atoms with Crippen LogP contribution in [0.2, 0.25) is 38.3 Å². The predicted octanol–water partition coefficient (Wildman–Crippen LogP) is 5.28. The van der Waals surface area contributed by atoms with Crippen LogP contribution in [0.25, 0.3) is 0 Å². The summed E-state index contributed by atoms with van der Waals surface area (Å²) < 4.78 is 17.2. The van der Waals surface area contributed by atoms with Crippen LogP contribution in [0.15, 0.2) is 36.4 Å². The highest BCUT2D eigenvalue weighted by molar-refractivity contribution is 6.84. The molecule has 0 unspecified atom stereocenters. The van der Waals surface area contributed by atoms with Crippen LogP contribution in [0.3, 0.4) is 0 Å². The van der Waals surface area contributed by atoms with E-state index in [4.69, 9.17) is 13.6 Å². The molecule has 0 atom stereocenters. The lowest BCUT2D eigenvalue weighted by atomic mass is 10.1. The Labute approximate surface area is 178 Å². The van der Waals surface area contributed by atoms with Crippen LogP contribution in [-0.2, 0) is 24.8 Å². The Bertz CT molecular complexity index is 658. The summed E-state index contributed by atoms with van der Waals surface area (Å²) in [5.41, 5.74) is 1.42. The van der Waals surface area contributed by atoms with Gasteiger partial charge in [0.25, 0.3) is 0 Å². The molecule has 1 aromatic carbocycles. The second-order valence-electron chi connectivity index (χ2n) is 8.74. The van der Waals surface area contributed by atoms with E-state index in [1.807, 2.05) is 18.2 Å². The molecule has 0 saturated carbocycles. The third-order valence-electron chi connectivity index (χ3n) is 4.65. The molecule has 0 saturated heterocycles. The van der Waals surface area contributed by atoms with Crippen LogP contribution in [-0.4, -0.2) is 47.5 Å². The van der Waals surface area contributed by atoms with Gasteiger partial charge in [-0.25, -0.2) is 4.79 Å². The molecular weight excluding hydrogens is 400 g/mol. The van der Waals surface area contributed by atoms with Gasteiger partial charge in [-0.05, 0) is 76.1 Å². The molecule has 0 aliphatic heterocycles. The number of ether oxygens (including phenoxy) is 2. The van der Waals surface area contributed by atoms with Crippen molar-refractivity contribution in [2.45, 2.75) is 64.5 Å². The Balaban J connectivity index is 2.23. The first-order valence-electron chi connectivity index (χ1n) is 10.4. The second-order valence-corrected chi connectivity index (χ2v) is 17.6. The molecule has 0 spiro atoms. The Morgan fingerprint density at radius 3 is 2.24 bits per heavy atom. The van der Waals surface area contributed by atoms with Crippen LogP contribution in [0.1, 0.15) is 25.3 Å². The minimum Gasteiger partial charge on any atom is -0.508 e. The van der Waals surface area contributed by atoms with Crippen molar-refractivity contribution in [1.29, 1.82) is 0 Å². The largest absolute Gasteiger partial charge is 0.508 e. The van der Waals surface area contributed by atoms with Gasteiger partial charge in [-0.2, -0.15) is 0 Å². The number of hydrogen-bond acceptors (Lipinski definition) is 5. The first-order chi connectivity index (χ1) is 13.5. The molecule has 7 heteroatoms. The summed E-state index contributed by atoms with van der Waals surface area (Å²) >= 11 is 0. The molecule has 0 heterocycles. The zero-order chi connectivity index (χ0) is 21.9. The lowest BCUT2D eigenvalue weighted by Crippen LogP contribution is -2.44. The van der Waals surface area contributed by atoms with Gasteiger partial charge >= 0.3 is 5.97 Å². The average Bonchev–Trinajstić information content (AvgIpc) is 2.61. The molecule has 0 aromatic heterocycles. The van der Waals surface area contributed by atoms with Gasteiger partial charge in [-0.15, -0.1) is 0 Å². The van der Waals surface area contributed by atoms with E-state index < -0.39 is 16.6 Å². The van der Waals surface area contributed by atoms with Crippen molar-refractivity contribution in [2.24, 2.45) is 0 Å². The Kier molecular flexibility index (Phi) is 10.9. The van der Waals surface area contributed by atoms with Gasteiger partial charge in [-0.1, -0.05) is 24.8 Å². The second kappa shape index (κ2) is 12.3. The topological polar surface area (TPSA) is 65.0 Å². The number of esters is 1. The van der Waals surface area contributed by atoms with E-state index in [2.05, 4.69) is 32.8 Å². The van der Waals surface area contributed by atoms with E-state index >= 15 is 0 Å². The number of phenolic OH excluding ortho intramolecular Hbond substituents is 1. The lowest BCUT2D eigenvalue weighted by molar-refractivity contribution is -0.140. The summed E-state index contributed by atoms with van der Waals surface area (Å²) in [7, 11) is -3.49. The number of aryl methyl sites for hydroxylation is 1. The van der Waals surface area contributed by atoms with Gasteiger partial charge in [0.05, 0.1) is 6.61 Å². The molecule has 0 bridgehead atoms. The van der Waals surface area contributed by atoms with Crippen molar-refractivity contribution in [3.8, 4) is 5.75 Å². The monoisotopic (exact) mass is 438 g/mol. The smallest absolute Gasteiger partial charge is 0.333 e. The van der Waals surface area contributed by atoms with Gasteiger partial charge in [0, 0.05) is 12.2 Å². The number of aromatic hydroxyl groups is 1. The number of phenols is 1. The molecule has 1 N–H and O–H groups in total. The standard InChI is InChI=1S/C22H38O5Si2/c1-19(2)22(24)26-16-15-25-14-10-18-29(5,6)27-28(3,4)17-9-12-20-11-7-8-13-21(20)23/h7-8,11,13,23H,1,9-10,12,14-18H2,2-6H3. The molecular formula is C22H38O5Si2. The minimum atomic E-state index is -1.74. The van der Waals surface area contributed by atoms with E-state index in [9.17, 15) is 9.90 Å². The number of rotatable bonds is 14. The van der Waals surface area contributed by atoms with Crippen LogP contribution >= 0.6 is 0 Å². The van der Waals surface area contributed by atoms with Gasteiger partial charge < -0.3 is 18.7 Å². The fraction of sp³-hybridized carbons (Fsp3) is 0.591. The number of hydrogen-bond donors (Lipinski definition) is 1. The van der Waals surface area contributed by atoms with Crippen LogP contribution < -0.4 is 0 Å². The lowest BCUT2D eigenvalue weighted by Gasteiger charge is -2.34. The molecule has 0 amide bonds. The minimum absolute atomic E-state index is 0.264. The zero-order valence-corrected chi connectivity index (χ0v) is 20.8. The predicted molar refractivity (Wildman–Crippen MR) is 123 cm³/mol. The Morgan fingerprint density at radius 2 is 1.62 bits per heavy atom. The highest BCUT2D eigenvalue weighted by Gasteiger charge is 2.32. The maximum absolute atomic E-state index is 11.3. The highest BCUT2D eigenvalue weighted by Crippen LogP contribution is 2.26. The van der Waals surface area contributed by atoms with E-state index in [1.54, 1.807) is 13.0 Å². The van der Waals surface area contributed by atoms with Crippen molar-refractivity contribution >= 4 is 22.6 Å². The fourth-order valence-corrected chi connectivity index (χ4v) is 12.1. The maximum Gasteiger partial charge on any atom is 0.333 e. The normalized spacial score (nSPS) is 12.0. The third-order valence-corrected chi connectivity index (χ3v) is 12.2. The Morgan fingerprint density at radius 1 is 1.00 bits per heavy atom. The molecule has 1 rings (SSSR count). The molecule has 0 fully saturated rings. The number of carbonyl (C=O) groups excluding carboxylic acids is 1. The quantitative estimate of drug-likeness (QED) is 0.185. The summed E-state index contributed by atoms with van der Waals surface area (Å²) in [6.45, 7) is 15.6. The van der Waals surface area contributed by atoms with Gasteiger partial charge in [0.2, 0.25) is 0 Å². The van der Waals surface area contributed by atoms with E-state index in [0.717, 1.165) is 36.9 Å². The van der Waals surface area contributed by atoms with Gasteiger partial charge in [0.15, 0.2) is 16.6 Å². The maximum atomic E-state index is 11.3. The van der Waals surface area contributed by atoms with Crippen molar-refractivity contribution in [1.82, 2.24) is 0 Å². The molecule has 0 aliphatic carbocycles. The SMILES string of the molecule is C=C(C)C(=O)OCCOCCC[Si](C)(C)O[Si](C)(C)CCCc1ccccc1O. The van der Waals surface area contributed by atoms with Crippen molar-refractivity contribution < 1.29 is 23.5 Å². The zero-order valence-electron chi connectivity index (χ0n) is 18.8. The van der Waals surface area contributed by atoms with Crippen molar-refractivity contribution in [3.05, 3.63) is 42.0 Å². The molecule has 29 heavy (non-hydrogen) atoms. The molecule has 164 valence electrons. The van der Waals surface area contributed by atoms with E-state index in [0.29, 0.717) is 24.5 Å². The molecule has 0 radical (unpaired) electrons. The van der Waals surface area contributed by atoms with Crippen LogP contribution in [0.4, 0.5) is 0 Å². The first kappa shape index (κ1) is 25.6. The average molecular weight is 439 g/mol. The van der Waals surface area contributed by atoms with E-state index in [-0.39, 0.29) is 12.6 Å². The molecule has 1 aromatic rings. The van der Waals surface area contributed by atoms with Crippen molar-refractivity contribution in [3.63, 3.8) is 0 Å². The number of carbonyl (C=O) groups is 1. The number of benzene rings is 1. The molecule has 5 nitrogen and oxygen atoms in total. The Hall–Kier alpha value is -1.42. The third kappa shape index (κ3) is 11.4. The summed E-state index contributed by atoms with van der Waals surface area (Å²) in [5.74, 6) is 0.0159. The number of para-hydroxylation sites is 1. The summed E-state index contributed by atoms with van der Waals surface area (Å²) in [6.07, 6.45) is 2.88. The fourth-order valence-electron chi connectivity index (χ4n) is 3.30. The summed E-state index contributed by atoms with van der Waals surface area (Å²) in [6, 6.07) is 9.70. The van der Waals surface area contributed by atoms with Gasteiger partial charge in [-0.3, -0.25) is 0 Å². The van der Waals surface area contributed by atoms with Crippen LogP contribution in [0, 0.1) is 0 Å². The first-order valence-corrected chi connectivity index (χ1v) is 16.6. The molecule has 0 aliphatic rings. The van der Waals surface area contributed by atoms with Gasteiger partial charge in [0.1, 0.15) is 12.4 Å². The van der Waals surface area contributed by atoms with Crippen molar-refractivity contribution in [2.75, 3.05) is 19.8 Å². The van der Waals surface area contributed by atoms with E-state index in [1.165, 1.54) is 0 Å².